The second kappa shape index (κ2) is 5.55. The second-order valence-corrected chi connectivity index (χ2v) is 5.48. The van der Waals surface area contributed by atoms with Crippen LogP contribution in [-0.4, -0.2) is 29.4 Å². The number of nitrogens with one attached hydrogen (secondary N) is 2. The highest BCUT2D eigenvalue weighted by molar-refractivity contribution is 5.97. The molecular weight excluding hydrogens is 272 g/mol. The van der Waals surface area contributed by atoms with E-state index in [2.05, 4.69) is 10.6 Å². The fourth-order valence-corrected chi connectivity index (χ4v) is 2.06. The average molecular weight is 290 g/mol. The standard InChI is InChI=1S/C15H18N2O4/c1-9-3-4-11(7-12(9)17-10(2)18)13(19)16-8-15(5-6-15)14(20)21/h3-4,7H,5-6,8H2,1-2H3,(H,16,19)(H,17,18)(H,20,21). The molecule has 0 aromatic heterocycles. The zero-order chi connectivity index (χ0) is 15.6. The number of aryl methyl sites for hydroxylation is 1. The van der Waals surface area contributed by atoms with Crippen LogP contribution in [0.15, 0.2) is 18.2 Å². The first-order valence-corrected chi connectivity index (χ1v) is 6.74. The summed E-state index contributed by atoms with van der Waals surface area (Å²) in [7, 11) is 0. The summed E-state index contributed by atoms with van der Waals surface area (Å²) in [5, 5.41) is 14.4. The largest absolute Gasteiger partial charge is 0.481 e. The van der Waals surface area contributed by atoms with Crippen LogP contribution in [0.4, 0.5) is 5.69 Å². The highest BCUT2D eigenvalue weighted by Gasteiger charge is 2.50. The monoisotopic (exact) mass is 290 g/mol. The van der Waals surface area contributed by atoms with Crippen LogP contribution in [0.2, 0.25) is 0 Å². The summed E-state index contributed by atoms with van der Waals surface area (Å²) in [5.74, 6) is -1.42. The van der Waals surface area contributed by atoms with E-state index in [1.165, 1.54) is 6.92 Å². The molecule has 3 N–H and O–H groups in total. The number of hydrogen-bond donors (Lipinski definition) is 3. The zero-order valence-corrected chi connectivity index (χ0v) is 12.0. The van der Waals surface area contributed by atoms with Crippen molar-refractivity contribution in [3.05, 3.63) is 29.3 Å². The van der Waals surface area contributed by atoms with E-state index in [4.69, 9.17) is 5.11 Å². The Morgan fingerprint density at radius 3 is 2.48 bits per heavy atom. The Morgan fingerprint density at radius 1 is 1.29 bits per heavy atom. The Hall–Kier alpha value is -2.37. The average Bonchev–Trinajstić information content (AvgIpc) is 3.19. The van der Waals surface area contributed by atoms with Crippen molar-refractivity contribution in [1.29, 1.82) is 0 Å². The fraction of sp³-hybridized carbons (Fsp3) is 0.400. The van der Waals surface area contributed by atoms with Gasteiger partial charge in [-0.2, -0.15) is 0 Å². The minimum Gasteiger partial charge on any atom is -0.481 e. The van der Waals surface area contributed by atoms with Crippen molar-refractivity contribution in [3.8, 4) is 0 Å². The maximum Gasteiger partial charge on any atom is 0.311 e. The summed E-state index contributed by atoms with van der Waals surface area (Å²) in [6.07, 6.45) is 1.18. The third-order valence-electron chi connectivity index (χ3n) is 3.71. The SMILES string of the molecule is CC(=O)Nc1cc(C(=O)NCC2(C(=O)O)CC2)ccc1C. The summed E-state index contributed by atoms with van der Waals surface area (Å²) >= 11 is 0. The third-order valence-corrected chi connectivity index (χ3v) is 3.71. The molecule has 0 bridgehead atoms. The van der Waals surface area contributed by atoms with Gasteiger partial charge in [0, 0.05) is 24.7 Å². The van der Waals surface area contributed by atoms with Crippen molar-refractivity contribution in [2.24, 2.45) is 5.41 Å². The predicted octanol–water partition coefficient (Wildman–Crippen LogP) is 1.55. The van der Waals surface area contributed by atoms with E-state index in [-0.39, 0.29) is 18.4 Å². The topological polar surface area (TPSA) is 95.5 Å². The molecule has 0 atom stereocenters. The molecule has 0 spiro atoms. The lowest BCUT2D eigenvalue weighted by atomic mass is 10.1. The van der Waals surface area contributed by atoms with Gasteiger partial charge in [-0.3, -0.25) is 14.4 Å². The second-order valence-electron chi connectivity index (χ2n) is 5.48. The van der Waals surface area contributed by atoms with Crippen LogP contribution in [0.25, 0.3) is 0 Å². The van der Waals surface area contributed by atoms with E-state index < -0.39 is 11.4 Å². The quantitative estimate of drug-likeness (QED) is 0.766. The number of carbonyl (C=O) groups is 3. The number of anilines is 1. The first-order chi connectivity index (χ1) is 9.84. The number of amides is 2. The number of rotatable bonds is 5. The molecule has 6 heteroatoms. The summed E-state index contributed by atoms with van der Waals surface area (Å²) in [5.41, 5.74) is 1.03. The van der Waals surface area contributed by atoms with Crippen LogP contribution in [0, 0.1) is 12.3 Å². The molecule has 112 valence electrons. The molecule has 2 rings (SSSR count). The van der Waals surface area contributed by atoms with Crippen molar-refractivity contribution in [2.75, 3.05) is 11.9 Å². The first kappa shape index (κ1) is 15.0. The normalized spacial score (nSPS) is 15.1. The molecule has 0 unspecified atom stereocenters. The summed E-state index contributed by atoms with van der Waals surface area (Å²) in [4.78, 5) is 34.2. The van der Waals surface area contributed by atoms with Gasteiger partial charge in [0.25, 0.3) is 5.91 Å². The minimum absolute atomic E-state index is 0.129. The smallest absolute Gasteiger partial charge is 0.311 e. The van der Waals surface area contributed by atoms with Crippen LogP contribution in [0.3, 0.4) is 0 Å². The molecule has 1 saturated carbocycles. The van der Waals surface area contributed by atoms with Crippen LogP contribution < -0.4 is 10.6 Å². The first-order valence-electron chi connectivity index (χ1n) is 6.74. The van der Waals surface area contributed by atoms with Gasteiger partial charge < -0.3 is 15.7 Å². The van der Waals surface area contributed by atoms with E-state index in [0.29, 0.717) is 24.1 Å². The lowest BCUT2D eigenvalue weighted by Gasteiger charge is -2.12. The molecule has 0 saturated heterocycles. The highest BCUT2D eigenvalue weighted by Crippen LogP contribution is 2.45. The van der Waals surface area contributed by atoms with Gasteiger partial charge in [0.15, 0.2) is 0 Å². The Bertz CT molecular complexity index is 606. The maximum absolute atomic E-state index is 12.1. The molecule has 6 nitrogen and oxygen atoms in total. The lowest BCUT2D eigenvalue weighted by molar-refractivity contribution is -0.143. The highest BCUT2D eigenvalue weighted by atomic mass is 16.4. The van der Waals surface area contributed by atoms with E-state index in [1.807, 2.05) is 6.92 Å². The molecule has 1 aliphatic rings. The van der Waals surface area contributed by atoms with E-state index in [1.54, 1.807) is 18.2 Å². The molecule has 1 aromatic rings. The van der Waals surface area contributed by atoms with Crippen LogP contribution >= 0.6 is 0 Å². The Kier molecular flexibility index (Phi) is 3.97. The van der Waals surface area contributed by atoms with Crippen molar-refractivity contribution < 1.29 is 19.5 Å². The Balaban J connectivity index is 2.06. The van der Waals surface area contributed by atoms with Gasteiger partial charge in [-0.05, 0) is 37.5 Å². The van der Waals surface area contributed by atoms with Crippen LogP contribution in [0.5, 0.6) is 0 Å². The number of benzene rings is 1. The zero-order valence-electron chi connectivity index (χ0n) is 12.0. The maximum atomic E-state index is 12.1. The van der Waals surface area contributed by atoms with Gasteiger partial charge in [0.2, 0.25) is 5.91 Å². The van der Waals surface area contributed by atoms with E-state index in [9.17, 15) is 14.4 Å². The van der Waals surface area contributed by atoms with Gasteiger partial charge in [-0.1, -0.05) is 6.07 Å². The van der Waals surface area contributed by atoms with Gasteiger partial charge >= 0.3 is 5.97 Å². The summed E-state index contributed by atoms with van der Waals surface area (Å²) < 4.78 is 0. The molecular formula is C15H18N2O4. The molecule has 1 aliphatic carbocycles. The number of aliphatic carboxylic acids is 1. The van der Waals surface area contributed by atoms with E-state index >= 15 is 0 Å². The minimum atomic E-state index is -0.870. The molecule has 21 heavy (non-hydrogen) atoms. The Morgan fingerprint density at radius 2 is 1.95 bits per heavy atom. The van der Waals surface area contributed by atoms with Crippen molar-refractivity contribution in [2.45, 2.75) is 26.7 Å². The summed E-state index contributed by atoms with van der Waals surface area (Å²) in [6.45, 7) is 3.36. The van der Waals surface area contributed by atoms with Crippen LogP contribution in [-0.2, 0) is 9.59 Å². The lowest BCUT2D eigenvalue weighted by Crippen LogP contribution is -2.34. The molecule has 0 radical (unpaired) electrons. The predicted molar refractivity (Wildman–Crippen MR) is 77.1 cm³/mol. The summed E-state index contributed by atoms with van der Waals surface area (Å²) in [6, 6.07) is 4.98. The molecule has 0 heterocycles. The van der Waals surface area contributed by atoms with Gasteiger partial charge in [0.1, 0.15) is 0 Å². The molecule has 0 aliphatic heterocycles. The third kappa shape index (κ3) is 3.39. The van der Waals surface area contributed by atoms with Crippen molar-refractivity contribution >= 4 is 23.5 Å². The van der Waals surface area contributed by atoms with Gasteiger partial charge in [-0.25, -0.2) is 0 Å². The van der Waals surface area contributed by atoms with Crippen LogP contribution in [0.1, 0.15) is 35.7 Å². The van der Waals surface area contributed by atoms with E-state index in [0.717, 1.165) is 5.56 Å². The van der Waals surface area contributed by atoms with Gasteiger partial charge in [0.05, 0.1) is 5.41 Å². The Labute approximate surface area is 122 Å². The number of carboxylic acid groups (broad SMARTS) is 1. The molecule has 2 amide bonds. The van der Waals surface area contributed by atoms with Gasteiger partial charge in [-0.15, -0.1) is 0 Å². The number of carbonyl (C=O) groups excluding carboxylic acids is 2. The fourth-order valence-electron chi connectivity index (χ4n) is 2.06. The van der Waals surface area contributed by atoms with Crippen molar-refractivity contribution in [3.63, 3.8) is 0 Å². The number of carboxylic acids is 1. The number of hydrogen-bond acceptors (Lipinski definition) is 3. The molecule has 1 fully saturated rings. The molecule has 1 aromatic carbocycles. The van der Waals surface area contributed by atoms with Crippen molar-refractivity contribution in [1.82, 2.24) is 5.32 Å².